The van der Waals surface area contributed by atoms with Gasteiger partial charge in [-0.15, -0.1) is 0 Å². The Morgan fingerprint density at radius 3 is 2.79 bits per heavy atom. The SMILES string of the molecule is Cc1ccc(C(=O)N[C@H](C)c2cccnc2)cc1N. The van der Waals surface area contributed by atoms with Crippen LogP contribution in [0.2, 0.25) is 0 Å². The van der Waals surface area contributed by atoms with Gasteiger partial charge < -0.3 is 11.1 Å². The van der Waals surface area contributed by atoms with E-state index in [-0.39, 0.29) is 11.9 Å². The number of nitrogens with one attached hydrogen (secondary N) is 1. The normalized spacial score (nSPS) is 11.9. The minimum absolute atomic E-state index is 0.0938. The number of aromatic nitrogens is 1. The Labute approximate surface area is 112 Å². The van der Waals surface area contributed by atoms with Crippen LogP contribution >= 0.6 is 0 Å². The summed E-state index contributed by atoms with van der Waals surface area (Å²) in [6.07, 6.45) is 3.45. The van der Waals surface area contributed by atoms with Crippen LogP contribution in [-0.4, -0.2) is 10.9 Å². The van der Waals surface area contributed by atoms with E-state index in [1.54, 1.807) is 24.5 Å². The number of hydrogen-bond donors (Lipinski definition) is 2. The maximum atomic E-state index is 12.1. The van der Waals surface area contributed by atoms with Gasteiger partial charge in [0.2, 0.25) is 0 Å². The van der Waals surface area contributed by atoms with Gasteiger partial charge in [-0.2, -0.15) is 0 Å². The van der Waals surface area contributed by atoms with Crippen molar-refractivity contribution in [3.63, 3.8) is 0 Å². The van der Waals surface area contributed by atoms with Gasteiger partial charge in [-0.1, -0.05) is 12.1 Å². The molecule has 0 radical (unpaired) electrons. The van der Waals surface area contributed by atoms with Crippen molar-refractivity contribution in [1.82, 2.24) is 10.3 Å². The van der Waals surface area contributed by atoms with Gasteiger partial charge in [0.1, 0.15) is 0 Å². The Hall–Kier alpha value is -2.36. The number of hydrogen-bond acceptors (Lipinski definition) is 3. The highest BCUT2D eigenvalue weighted by Gasteiger charge is 2.12. The highest BCUT2D eigenvalue weighted by Crippen LogP contribution is 2.15. The van der Waals surface area contributed by atoms with Crippen LogP contribution in [0.1, 0.15) is 34.5 Å². The number of carbonyl (C=O) groups excluding carboxylic acids is 1. The minimum Gasteiger partial charge on any atom is -0.398 e. The first kappa shape index (κ1) is 13.1. The fourth-order valence-electron chi connectivity index (χ4n) is 1.78. The van der Waals surface area contributed by atoms with Gasteiger partial charge >= 0.3 is 0 Å². The monoisotopic (exact) mass is 255 g/mol. The molecule has 0 saturated heterocycles. The number of aryl methyl sites for hydroxylation is 1. The highest BCUT2D eigenvalue weighted by atomic mass is 16.1. The molecular weight excluding hydrogens is 238 g/mol. The molecule has 0 spiro atoms. The summed E-state index contributed by atoms with van der Waals surface area (Å²) < 4.78 is 0. The lowest BCUT2D eigenvalue weighted by atomic mass is 10.1. The van der Waals surface area contributed by atoms with Gasteiger partial charge in [0.15, 0.2) is 0 Å². The van der Waals surface area contributed by atoms with E-state index in [4.69, 9.17) is 5.73 Å². The maximum absolute atomic E-state index is 12.1. The second-order valence-corrected chi connectivity index (χ2v) is 4.55. The molecule has 2 rings (SSSR count). The van der Waals surface area contributed by atoms with Gasteiger partial charge in [-0.05, 0) is 43.2 Å². The summed E-state index contributed by atoms with van der Waals surface area (Å²) in [6, 6.07) is 9.00. The zero-order valence-electron chi connectivity index (χ0n) is 11.1. The molecule has 0 fully saturated rings. The van der Waals surface area contributed by atoms with Crippen molar-refractivity contribution in [1.29, 1.82) is 0 Å². The number of nitrogens with zero attached hydrogens (tertiary/aromatic N) is 1. The molecular formula is C15H17N3O. The third-order valence-electron chi connectivity index (χ3n) is 3.07. The van der Waals surface area contributed by atoms with Crippen LogP contribution < -0.4 is 11.1 Å². The quantitative estimate of drug-likeness (QED) is 0.828. The van der Waals surface area contributed by atoms with Crippen LogP contribution in [0.4, 0.5) is 5.69 Å². The molecule has 0 aliphatic heterocycles. The molecule has 0 bridgehead atoms. The predicted octanol–water partition coefficient (Wildman–Crippen LogP) is 2.46. The first-order valence-electron chi connectivity index (χ1n) is 6.15. The average Bonchev–Trinajstić information content (AvgIpc) is 2.42. The van der Waals surface area contributed by atoms with Gasteiger partial charge in [-0.3, -0.25) is 9.78 Å². The number of amides is 1. The second-order valence-electron chi connectivity index (χ2n) is 4.55. The number of nitrogen functional groups attached to an aromatic ring is 1. The lowest BCUT2D eigenvalue weighted by molar-refractivity contribution is 0.0940. The van der Waals surface area contributed by atoms with Crippen molar-refractivity contribution in [3.05, 3.63) is 59.4 Å². The summed E-state index contributed by atoms with van der Waals surface area (Å²) in [7, 11) is 0. The standard InChI is InChI=1S/C15H17N3O/c1-10-5-6-12(8-14(10)16)15(19)18-11(2)13-4-3-7-17-9-13/h3-9,11H,16H2,1-2H3,(H,18,19)/t11-/m1/s1. The minimum atomic E-state index is -0.136. The Kier molecular flexibility index (Phi) is 3.80. The topological polar surface area (TPSA) is 68.0 Å². The summed E-state index contributed by atoms with van der Waals surface area (Å²) in [5, 5.41) is 2.92. The predicted molar refractivity (Wildman–Crippen MR) is 75.7 cm³/mol. The summed E-state index contributed by atoms with van der Waals surface area (Å²) in [5.41, 5.74) is 8.94. The molecule has 19 heavy (non-hydrogen) atoms. The Bertz CT molecular complexity index is 581. The van der Waals surface area contributed by atoms with E-state index in [0.29, 0.717) is 11.3 Å². The lowest BCUT2D eigenvalue weighted by Crippen LogP contribution is -2.26. The largest absolute Gasteiger partial charge is 0.398 e. The molecule has 0 aliphatic rings. The smallest absolute Gasteiger partial charge is 0.251 e. The first-order chi connectivity index (χ1) is 9.08. The summed E-state index contributed by atoms with van der Waals surface area (Å²) >= 11 is 0. The third-order valence-corrected chi connectivity index (χ3v) is 3.07. The number of benzene rings is 1. The van der Waals surface area contributed by atoms with Gasteiger partial charge in [-0.25, -0.2) is 0 Å². The molecule has 3 N–H and O–H groups in total. The fourth-order valence-corrected chi connectivity index (χ4v) is 1.78. The molecule has 98 valence electrons. The van der Waals surface area contributed by atoms with Crippen molar-refractivity contribution < 1.29 is 4.79 Å². The van der Waals surface area contributed by atoms with E-state index >= 15 is 0 Å². The van der Waals surface area contributed by atoms with Crippen LogP contribution in [-0.2, 0) is 0 Å². The van der Waals surface area contributed by atoms with Crippen molar-refractivity contribution >= 4 is 11.6 Å². The van der Waals surface area contributed by atoms with E-state index in [1.165, 1.54) is 0 Å². The first-order valence-corrected chi connectivity index (χ1v) is 6.15. The maximum Gasteiger partial charge on any atom is 0.251 e. The van der Waals surface area contributed by atoms with Crippen LogP contribution in [0.3, 0.4) is 0 Å². The Balaban J connectivity index is 2.11. The third kappa shape index (κ3) is 3.10. The van der Waals surface area contributed by atoms with Gasteiger partial charge in [0.25, 0.3) is 5.91 Å². The molecule has 0 aliphatic carbocycles. The number of anilines is 1. The van der Waals surface area contributed by atoms with Gasteiger partial charge in [0.05, 0.1) is 6.04 Å². The van der Waals surface area contributed by atoms with E-state index in [0.717, 1.165) is 11.1 Å². The van der Waals surface area contributed by atoms with E-state index in [9.17, 15) is 4.79 Å². The molecule has 0 saturated carbocycles. The molecule has 4 heteroatoms. The van der Waals surface area contributed by atoms with Crippen LogP contribution in [0, 0.1) is 6.92 Å². The zero-order chi connectivity index (χ0) is 13.8. The Morgan fingerprint density at radius 2 is 2.16 bits per heavy atom. The number of pyridine rings is 1. The second kappa shape index (κ2) is 5.52. The number of carbonyl (C=O) groups is 1. The van der Waals surface area contributed by atoms with Crippen molar-refractivity contribution in [2.24, 2.45) is 0 Å². The molecule has 4 nitrogen and oxygen atoms in total. The lowest BCUT2D eigenvalue weighted by Gasteiger charge is -2.14. The van der Waals surface area contributed by atoms with Crippen LogP contribution in [0.5, 0.6) is 0 Å². The summed E-state index contributed by atoms with van der Waals surface area (Å²) in [4.78, 5) is 16.1. The van der Waals surface area contributed by atoms with Crippen LogP contribution in [0.15, 0.2) is 42.7 Å². The van der Waals surface area contributed by atoms with Crippen molar-refractivity contribution in [3.8, 4) is 0 Å². The summed E-state index contributed by atoms with van der Waals surface area (Å²) in [5.74, 6) is -0.136. The highest BCUT2D eigenvalue weighted by molar-refractivity contribution is 5.95. The van der Waals surface area contributed by atoms with Crippen molar-refractivity contribution in [2.45, 2.75) is 19.9 Å². The van der Waals surface area contributed by atoms with Crippen LogP contribution in [0.25, 0.3) is 0 Å². The van der Waals surface area contributed by atoms with Gasteiger partial charge in [0, 0.05) is 23.6 Å². The van der Waals surface area contributed by atoms with E-state index in [1.807, 2.05) is 32.0 Å². The Morgan fingerprint density at radius 1 is 1.37 bits per heavy atom. The van der Waals surface area contributed by atoms with E-state index in [2.05, 4.69) is 10.3 Å². The molecule has 1 atom stereocenters. The van der Waals surface area contributed by atoms with Crippen molar-refractivity contribution in [2.75, 3.05) is 5.73 Å². The molecule has 2 aromatic rings. The molecule has 1 amide bonds. The number of rotatable bonds is 3. The molecule has 1 aromatic carbocycles. The van der Waals surface area contributed by atoms with E-state index < -0.39 is 0 Å². The molecule has 1 aromatic heterocycles. The number of nitrogens with two attached hydrogens (primary N) is 1. The zero-order valence-corrected chi connectivity index (χ0v) is 11.1. The molecule has 1 heterocycles. The fraction of sp³-hybridized carbons (Fsp3) is 0.200. The average molecular weight is 255 g/mol. The molecule has 0 unspecified atom stereocenters. The summed E-state index contributed by atoms with van der Waals surface area (Å²) in [6.45, 7) is 3.84.